The first-order chi connectivity index (χ1) is 10.0. The largest absolute Gasteiger partial charge is 0.479 e. The summed E-state index contributed by atoms with van der Waals surface area (Å²) in [6.45, 7) is 4.30. The molecule has 2 rings (SSSR count). The quantitative estimate of drug-likeness (QED) is 0.670. The van der Waals surface area contributed by atoms with E-state index in [-0.39, 0.29) is 0 Å². The molecule has 0 unspecified atom stereocenters. The lowest BCUT2D eigenvalue weighted by Gasteiger charge is -2.07. The molecule has 0 fully saturated rings. The predicted octanol–water partition coefficient (Wildman–Crippen LogP) is 5.51. The van der Waals surface area contributed by atoms with Gasteiger partial charge in [-0.25, -0.2) is 0 Å². The van der Waals surface area contributed by atoms with Gasteiger partial charge in [-0.2, -0.15) is 0 Å². The van der Waals surface area contributed by atoms with E-state index in [1.165, 1.54) is 11.8 Å². The van der Waals surface area contributed by atoms with Crippen molar-refractivity contribution in [2.24, 2.45) is 0 Å². The first kappa shape index (κ1) is 16.6. The zero-order valence-electron chi connectivity index (χ0n) is 11.5. The second kappa shape index (κ2) is 7.49. The van der Waals surface area contributed by atoms with Crippen molar-refractivity contribution >= 4 is 51.6 Å². The number of aryl methyl sites for hydroxylation is 1. The first-order valence-electron chi connectivity index (χ1n) is 6.23. The lowest BCUT2D eigenvalue weighted by molar-refractivity contribution is 0.346. The Labute approximate surface area is 142 Å². The highest BCUT2D eigenvalue weighted by molar-refractivity contribution is 8.22. The number of halogens is 2. The van der Waals surface area contributed by atoms with Crippen LogP contribution in [0.4, 0.5) is 0 Å². The van der Waals surface area contributed by atoms with E-state index in [1.54, 1.807) is 18.2 Å². The third-order valence-corrected chi connectivity index (χ3v) is 4.67. The maximum Gasteiger partial charge on any atom is 0.220 e. The van der Waals surface area contributed by atoms with Gasteiger partial charge >= 0.3 is 0 Å². The van der Waals surface area contributed by atoms with Gasteiger partial charge in [0.1, 0.15) is 11.5 Å². The van der Waals surface area contributed by atoms with Crippen LogP contribution >= 0.6 is 47.2 Å². The van der Waals surface area contributed by atoms with E-state index < -0.39 is 0 Å². The van der Waals surface area contributed by atoms with Crippen LogP contribution in [0.25, 0.3) is 11.3 Å². The van der Waals surface area contributed by atoms with E-state index in [2.05, 4.69) is 5.16 Å². The van der Waals surface area contributed by atoms with Gasteiger partial charge in [0.05, 0.1) is 16.7 Å². The zero-order valence-corrected chi connectivity index (χ0v) is 14.6. The number of ether oxygens (including phenoxy) is 1. The van der Waals surface area contributed by atoms with Crippen LogP contribution in [0.15, 0.2) is 22.7 Å². The third-order valence-electron chi connectivity index (χ3n) is 2.78. The number of hydrogen-bond donors (Lipinski definition) is 0. The monoisotopic (exact) mass is 361 g/mol. The van der Waals surface area contributed by atoms with E-state index in [9.17, 15) is 0 Å². The minimum atomic E-state index is 0.495. The first-order valence-corrected chi connectivity index (χ1v) is 8.38. The Morgan fingerprint density at radius 3 is 2.67 bits per heavy atom. The van der Waals surface area contributed by atoms with Crippen molar-refractivity contribution in [3.8, 4) is 11.3 Å². The maximum absolute atomic E-state index is 6.23. The van der Waals surface area contributed by atoms with Crippen molar-refractivity contribution < 1.29 is 9.26 Å². The summed E-state index contributed by atoms with van der Waals surface area (Å²) in [7, 11) is 0. The normalized spacial score (nSPS) is 10.7. The molecule has 0 bridgehead atoms. The standard InChI is InChI=1S/C14H13Cl2NO2S2/c1-3-18-14(20)21-7-9-8(2)19-17-13(9)12-10(15)5-4-6-11(12)16/h4-6H,3,7H2,1-2H3. The van der Waals surface area contributed by atoms with Gasteiger partial charge < -0.3 is 9.26 Å². The average molecular weight is 362 g/mol. The van der Waals surface area contributed by atoms with Crippen LogP contribution in [0, 0.1) is 6.92 Å². The molecular weight excluding hydrogens is 349 g/mol. The number of benzene rings is 1. The van der Waals surface area contributed by atoms with Crippen LogP contribution in [0.2, 0.25) is 10.0 Å². The molecule has 3 nitrogen and oxygen atoms in total. The number of thioether (sulfide) groups is 1. The number of hydrogen-bond acceptors (Lipinski definition) is 5. The van der Waals surface area contributed by atoms with Crippen LogP contribution in [0.3, 0.4) is 0 Å². The summed E-state index contributed by atoms with van der Waals surface area (Å²) >= 11 is 19.0. The van der Waals surface area contributed by atoms with Crippen LogP contribution in [0.5, 0.6) is 0 Å². The minimum absolute atomic E-state index is 0.495. The fourth-order valence-electron chi connectivity index (χ4n) is 1.77. The third kappa shape index (κ3) is 3.92. The molecule has 0 N–H and O–H groups in total. The Hall–Kier alpha value is -0.750. The molecular formula is C14H13Cl2NO2S2. The Morgan fingerprint density at radius 1 is 1.38 bits per heavy atom. The van der Waals surface area contributed by atoms with E-state index in [0.717, 1.165) is 5.56 Å². The van der Waals surface area contributed by atoms with Crippen molar-refractivity contribution in [3.63, 3.8) is 0 Å². The molecule has 21 heavy (non-hydrogen) atoms. The fourth-order valence-corrected chi connectivity index (χ4v) is 3.45. The number of thiocarbonyl (C=S) groups is 1. The number of nitrogens with zero attached hydrogens (tertiary/aromatic N) is 1. The molecule has 2 aromatic rings. The summed E-state index contributed by atoms with van der Waals surface area (Å²) < 4.78 is 11.0. The summed E-state index contributed by atoms with van der Waals surface area (Å²) in [6.07, 6.45) is 0. The molecule has 0 aliphatic heterocycles. The number of rotatable bonds is 4. The summed E-state index contributed by atoms with van der Waals surface area (Å²) in [6, 6.07) is 5.34. The lowest BCUT2D eigenvalue weighted by Crippen LogP contribution is -1.97. The minimum Gasteiger partial charge on any atom is -0.479 e. The van der Waals surface area contributed by atoms with Gasteiger partial charge in [-0.3, -0.25) is 0 Å². The summed E-state index contributed by atoms with van der Waals surface area (Å²) in [5, 5.41) is 5.16. The van der Waals surface area contributed by atoms with Crippen LogP contribution in [0.1, 0.15) is 18.2 Å². The van der Waals surface area contributed by atoms with Gasteiger partial charge in [-0.05, 0) is 38.2 Å². The average Bonchev–Trinajstić information content (AvgIpc) is 2.78. The smallest absolute Gasteiger partial charge is 0.220 e. The van der Waals surface area contributed by atoms with E-state index >= 15 is 0 Å². The Morgan fingerprint density at radius 2 is 2.05 bits per heavy atom. The molecule has 0 amide bonds. The van der Waals surface area contributed by atoms with E-state index in [0.29, 0.717) is 43.8 Å². The Kier molecular flexibility index (Phi) is 5.93. The molecule has 1 aromatic carbocycles. The molecule has 0 aliphatic carbocycles. The molecule has 7 heteroatoms. The molecule has 0 spiro atoms. The van der Waals surface area contributed by atoms with Crippen LogP contribution < -0.4 is 0 Å². The second-order valence-corrected chi connectivity index (χ2v) is 6.53. The summed E-state index contributed by atoms with van der Waals surface area (Å²) in [5.41, 5.74) is 2.24. The molecule has 0 saturated carbocycles. The molecule has 0 aliphatic rings. The summed E-state index contributed by atoms with van der Waals surface area (Å²) in [5.74, 6) is 1.30. The second-order valence-electron chi connectivity index (χ2n) is 4.13. The summed E-state index contributed by atoms with van der Waals surface area (Å²) in [4.78, 5) is 0. The van der Waals surface area contributed by atoms with Gasteiger partial charge in [0, 0.05) is 16.9 Å². The van der Waals surface area contributed by atoms with Crippen molar-refractivity contribution in [2.75, 3.05) is 6.61 Å². The number of aromatic nitrogens is 1. The predicted molar refractivity (Wildman–Crippen MR) is 92.2 cm³/mol. The molecule has 1 heterocycles. The molecule has 112 valence electrons. The molecule has 0 saturated heterocycles. The maximum atomic E-state index is 6.23. The van der Waals surface area contributed by atoms with Gasteiger partial charge in [0.25, 0.3) is 0 Å². The van der Waals surface area contributed by atoms with E-state index in [1.807, 2.05) is 13.8 Å². The highest BCUT2D eigenvalue weighted by Crippen LogP contribution is 2.38. The van der Waals surface area contributed by atoms with Crippen LogP contribution in [-0.2, 0) is 10.5 Å². The van der Waals surface area contributed by atoms with Crippen LogP contribution in [-0.4, -0.2) is 16.1 Å². The molecule has 1 aromatic heterocycles. The zero-order chi connectivity index (χ0) is 15.4. The topological polar surface area (TPSA) is 35.3 Å². The van der Waals surface area contributed by atoms with Crippen molar-refractivity contribution in [1.29, 1.82) is 0 Å². The SMILES string of the molecule is CCOC(=S)SCc1c(-c2c(Cl)cccc2Cl)noc1C. The Bertz CT molecular complexity index is 638. The van der Waals surface area contributed by atoms with Crippen molar-refractivity contribution in [1.82, 2.24) is 5.16 Å². The highest BCUT2D eigenvalue weighted by Gasteiger charge is 2.20. The molecule has 0 radical (unpaired) electrons. The van der Waals surface area contributed by atoms with Gasteiger partial charge in [-0.15, -0.1) is 0 Å². The van der Waals surface area contributed by atoms with Gasteiger partial charge in [-0.1, -0.05) is 46.2 Å². The van der Waals surface area contributed by atoms with Gasteiger partial charge in [0.2, 0.25) is 4.38 Å². The van der Waals surface area contributed by atoms with Crippen molar-refractivity contribution in [3.05, 3.63) is 39.6 Å². The molecule has 0 atom stereocenters. The highest BCUT2D eigenvalue weighted by atomic mass is 35.5. The fraction of sp³-hybridized carbons (Fsp3) is 0.286. The van der Waals surface area contributed by atoms with Gasteiger partial charge in [0.15, 0.2) is 0 Å². The Balaban J connectivity index is 2.32. The van der Waals surface area contributed by atoms with Crippen molar-refractivity contribution in [2.45, 2.75) is 19.6 Å². The van der Waals surface area contributed by atoms with E-state index in [4.69, 9.17) is 44.7 Å². The lowest BCUT2D eigenvalue weighted by atomic mass is 10.1.